The normalized spacial score (nSPS) is 12.6. The van der Waals surface area contributed by atoms with Gasteiger partial charge in [0.15, 0.2) is 6.04 Å². The first-order valence-electron chi connectivity index (χ1n) is 9.52. The number of nitrogens with one attached hydrogen (secondary N) is 1. The topological polar surface area (TPSA) is 60.3 Å². The maximum atomic E-state index is 13.8. The van der Waals surface area contributed by atoms with E-state index >= 15 is 0 Å². The highest BCUT2D eigenvalue weighted by atomic mass is 79.9. The number of carbonyl (C=O) groups excluding carboxylic acids is 2. The second-order valence-electron chi connectivity index (χ2n) is 7.13. The third kappa shape index (κ3) is 4.50. The SMILES string of the molecule is CCn1c(C(=O)NC(c2ccc(F)c(Br)c2)C(F)(F)F)cc2c(C(=O)OC)cc(C)cc21. The molecule has 0 bridgehead atoms. The van der Waals surface area contributed by atoms with E-state index in [-0.39, 0.29) is 27.8 Å². The summed E-state index contributed by atoms with van der Waals surface area (Å²) in [6.07, 6.45) is -4.83. The van der Waals surface area contributed by atoms with Crippen LogP contribution in [0.1, 0.15) is 44.9 Å². The van der Waals surface area contributed by atoms with Crippen LogP contribution in [0.5, 0.6) is 0 Å². The zero-order chi connectivity index (χ0) is 23.8. The van der Waals surface area contributed by atoms with E-state index in [1.165, 1.54) is 17.7 Å². The molecule has 10 heteroatoms. The molecule has 0 fully saturated rings. The fourth-order valence-corrected chi connectivity index (χ4v) is 3.95. The number of ether oxygens (including phenoxy) is 1. The predicted octanol–water partition coefficient (Wildman–Crippen LogP) is 5.69. The third-order valence-corrected chi connectivity index (χ3v) is 5.61. The van der Waals surface area contributed by atoms with Crippen LogP contribution in [0.25, 0.3) is 10.9 Å². The Morgan fingerprint density at radius 3 is 2.44 bits per heavy atom. The van der Waals surface area contributed by atoms with Gasteiger partial charge in [-0.3, -0.25) is 4.79 Å². The number of benzene rings is 2. The molecule has 32 heavy (non-hydrogen) atoms. The molecular formula is C22H19BrF4N2O3. The molecule has 0 saturated carbocycles. The Hall–Kier alpha value is -2.88. The van der Waals surface area contributed by atoms with Crippen LogP contribution in [-0.2, 0) is 11.3 Å². The van der Waals surface area contributed by atoms with Gasteiger partial charge in [0, 0.05) is 17.4 Å². The van der Waals surface area contributed by atoms with Gasteiger partial charge in [-0.25, -0.2) is 9.18 Å². The molecule has 0 aliphatic carbocycles. The minimum atomic E-state index is -4.83. The number of fused-ring (bicyclic) bond motifs is 1. The Kier molecular flexibility index (Phi) is 6.64. The molecule has 3 aromatic rings. The molecule has 0 saturated heterocycles. The van der Waals surface area contributed by atoms with Crippen LogP contribution in [0.3, 0.4) is 0 Å². The lowest BCUT2D eigenvalue weighted by molar-refractivity contribution is -0.155. The van der Waals surface area contributed by atoms with Crippen molar-refractivity contribution in [1.82, 2.24) is 9.88 Å². The largest absolute Gasteiger partial charge is 0.465 e. The van der Waals surface area contributed by atoms with E-state index in [9.17, 15) is 27.2 Å². The van der Waals surface area contributed by atoms with Gasteiger partial charge in [0.2, 0.25) is 0 Å². The summed E-state index contributed by atoms with van der Waals surface area (Å²) < 4.78 is 61.0. The van der Waals surface area contributed by atoms with Gasteiger partial charge in [-0.15, -0.1) is 0 Å². The molecule has 3 rings (SSSR count). The summed E-state index contributed by atoms with van der Waals surface area (Å²) in [7, 11) is 1.22. The van der Waals surface area contributed by atoms with Gasteiger partial charge >= 0.3 is 12.1 Å². The number of esters is 1. The number of hydrogen-bond acceptors (Lipinski definition) is 3. The number of aromatic nitrogens is 1. The van der Waals surface area contributed by atoms with Crippen LogP contribution < -0.4 is 5.32 Å². The highest BCUT2D eigenvalue weighted by Gasteiger charge is 2.42. The summed E-state index contributed by atoms with van der Waals surface area (Å²) in [5.41, 5.74) is 1.07. The van der Waals surface area contributed by atoms with Gasteiger partial charge in [-0.1, -0.05) is 6.07 Å². The molecule has 1 heterocycles. The average molecular weight is 515 g/mol. The Bertz CT molecular complexity index is 1200. The molecule has 1 unspecified atom stereocenters. The number of hydrogen-bond donors (Lipinski definition) is 1. The third-order valence-electron chi connectivity index (χ3n) is 5.00. The van der Waals surface area contributed by atoms with Gasteiger partial charge < -0.3 is 14.6 Å². The standard InChI is InChI=1S/C22H19BrF4N2O3/c1-4-29-17-8-11(2)7-14(21(31)32-3)13(17)10-18(29)20(30)28-19(22(25,26)27)12-5-6-16(24)15(23)9-12/h5-10,19H,4H2,1-3H3,(H,28,30). The van der Waals surface area contributed by atoms with Crippen molar-refractivity contribution in [3.63, 3.8) is 0 Å². The van der Waals surface area contributed by atoms with E-state index < -0.39 is 29.9 Å². The van der Waals surface area contributed by atoms with Crippen molar-refractivity contribution in [1.29, 1.82) is 0 Å². The fourth-order valence-electron chi connectivity index (χ4n) is 3.56. The average Bonchev–Trinajstić information content (AvgIpc) is 3.10. The van der Waals surface area contributed by atoms with E-state index in [1.807, 2.05) is 5.32 Å². The molecule has 0 aliphatic rings. The number of aryl methyl sites for hydroxylation is 2. The second-order valence-corrected chi connectivity index (χ2v) is 7.99. The monoisotopic (exact) mass is 514 g/mol. The second kappa shape index (κ2) is 8.93. The van der Waals surface area contributed by atoms with Crippen molar-refractivity contribution in [2.24, 2.45) is 0 Å². The lowest BCUT2D eigenvalue weighted by Crippen LogP contribution is -2.38. The molecule has 1 amide bonds. The van der Waals surface area contributed by atoms with Crippen molar-refractivity contribution in [3.8, 4) is 0 Å². The van der Waals surface area contributed by atoms with Crippen molar-refractivity contribution >= 4 is 38.7 Å². The molecular weight excluding hydrogens is 496 g/mol. The summed E-state index contributed by atoms with van der Waals surface area (Å²) in [6.45, 7) is 3.76. The van der Waals surface area contributed by atoms with E-state index in [4.69, 9.17) is 4.74 Å². The van der Waals surface area contributed by atoms with Crippen molar-refractivity contribution < 1.29 is 31.9 Å². The Labute approximate surface area is 189 Å². The first-order valence-corrected chi connectivity index (χ1v) is 10.3. The molecule has 1 N–H and O–H groups in total. The Morgan fingerprint density at radius 1 is 1.19 bits per heavy atom. The summed E-state index contributed by atoms with van der Waals surface area (Å²) in [4.78, 5) is 25.2. The van der Waals surface area contributed by atoms with Crippen molar-refractivity contribution in [2.45, 2.75) is 32.6 Å². The Balaban J connectivity index is 2.10. The maximum Gasteiger partial charge on any atom is 0.412 e. The van der Waals surface area contributed by atoms with E-state index in [0.29, 0.717) is 10.9 Å². The zero-order valence-corrected chi connectivity index (χ0v) is 18.9. The maximum absolute atomic E-state index is 13.8. The summed E-state index contributed by atoms with van der Waals surface area (Å²) in [5.74, 6) is -2.33. The highest BCUT2D eigenvalue weighted by molar-refractivity contribution is 9.10. The molecule has 0 radical (unpaired) electrons. The van der Waals surface area contributed by atoms with Crippen LogP contribution in [0.2, 0.25) is 0 Å². The fraction of sp³-hybridized carbons (Fsp3) is 0.273. The van der Waals surface area contributed by atoms with Gasteiger partial charge in [0.1, 0.15) is 11.5 Å². The first-order chi connectivity index (χ1) is 15.0. The molecule has 1 atom stereocenters. The van der Waals surface area contributed by atoms with E-state index in [0.717, 1.165) is 23.8 Å². The lowest BCUT2D eigenvalue weighted by atomic mass is 10.1. The van der Waals surface area contributed by atoms with E-state index in [2.05, 4.69) is 15.9 Å². The zero-order valence-electron chi connectivity index (χ0n) is 17.3. The lowest BCUT2D eigenvalue weighted by Gasteiger charge is -2.22. The number of methoxy groups -OCH3 is 1. The van der Waals surface area contributed by atoms with Gasteiger partial charge in [-0.05, 0) is 71.2 Å². The molecule has 170 valence electrons. The Morgan fingerprint density at radius 2 is 1.88 bits per heavy atom. The number of amides is 1. The highest BCUT2D eigenvalue weighted by Crippen LogP contribution is 2.35. The number of halogens is 5. The first kappa shape index (κ1) is 23.8. The number of carbonyl (C=O) groups is 2. The van der Waals surface area contributed by atoms with Crippen molar-refractivity contribution in [2.75, 3.05) is 7.11 Å². The molecule has 0 spiro atoms. The van der Waals surface area contributed by atoms with Gasteiger partial charge in [0.25, 0.3) is 5.91 Å². The van der Waals surface area contributed by atoms with Gasteiger partial charge in [-0.2, -0.15) is 13.2 Å². The van der Waals surface area contributed by atoms with Crippen LogP contribution in [0.15, 0.2) is 40.9 Å². The quantitative estimate of drug-likeness (QED) is 0.351. The van der Waals surface area contributed by atoms with Crippen LogP contribution in [-0.4, -0.2) is 29.7 Å². The molecule has 2 aromatic carbocycles. The minimum Gasteiger partial charge on any atom is -0.465 e. The minimum absolute atomic E-state index is 0.0475. The van der Waals surface area contributed by atoms with E-state index in [1.54, 1.807) is 26.0 Å². The molecule has 1 aromatic heterocycles. The van der Waals surface area contributed by atoms with Crippen LogP contribution in [0, 0.1) is 12.7 Å². The number of alkyl halides is 3. The van der Waals surface area contributed by atoms with Gasteiger partial charge in [0.05, 0.1) is 17.1 Å². The van der Waals surface area contributed by atoms with Crippen molar-refractivity contribution in [3.05, 3.63) is 69.1 Å². The molecule has 0 aliphatic heterocycles. The number of rotatable bonds is 5. The van der Waals surface area contributed by atoms with Crippen LogP contribution in [0.4, 0.5) is 17.6 Å². The predicted molar refractivity (Wildman–Crippen MR) is 114 cm³/mol. The van der Waals surface area contributed by atoms with Crippen LogP contribution >= 0.6 is 15.9 Å². The summed E-state index contributed by atoms with van der Waals surface area (Å²) >= 11 is 2.87. The smallest absolute Gasteiger partial charge is 0.412 e. The molecule has 5 nitrogen and oxygen atoms in total. The summed E-state index contributed by atoms with van der Waals surface area (Å²) in [6, 6.07) is 5.16. The number of nitrogens with zero attached hydrogens (tertiary/aromatic N) is 1. The summed E-state index contributed by atoms with van der Waals surface area (Å²) in [5, 5.41) is 2.40.